The molecule has 0 saturated carbocycles. The SMILES string of the molecule is CNCc1nnc(-c2c[nH]c(C)cc2=O)s1. The molecule has 0 aliphatic heterocycles. The van der Waals surface area contributed by atoms with E-state index < -0.39 is 0 Å². The standard InChI is InChI=1S/C10H12N4OS/c1-6-3-8(15)7(4-12-6)10-14-13-9(16-10)5-11-2/h3-4,11H,5H2,1-2H3,(H,12,15). The fraction of sp³-hybridized carbons (Fsp3) is 0.300. The Hall–Kier alpha value is -1.53. The summed E-state index contributed by atoms with van der Waals surface area (Å²) < 4.78 is 0. The molecule has 0 aromatic carbocycles. The molecule has 2 rings (SSSR count). The zero-order valence-electron chi connectivity index (χ0n) is 9.07. The van der Waals surface area contributed by atoms with E-state index in [1.165, 1.54) is 11.3 Å². The number of rotatable bonds is 3. The van der Waals surface area contributed by atoms with Gasteiger partial charge in [0.05, 0.1) is 5.56 Å². The van der Waals surface area contributed by atoms with Gasteiger partial charge in [-0.05, 0) is 14.0 Å². The zero-order chi connectivity index (χ0) is 11.5. The van der Waals surface area contributed by atoms with Crippen LogP contribution in [0.3, 0.4) is 0 Å². The molecule has 2 N–H and O–H groups in total. The minimum absolute atomic E-state index is 0.0246. The summed E-state index contributed by atoms with van der Waals surface area (Å²) in [6.07, 6.45) is 1.68. The van der Waals surface area contributed by atoms with Gasteiger partial charge in [0.1, 0.15) is 5.01 Å². The highest BCUT2D eigenvalue weighted by Crippen LogP contribution is 2.19. The van der Waals surface area contributed by atoms with Crippen LogP contribution in [0.1, 0.15) is 10.7 Å². The Morgan fingerprint density at radius 1 is 1.50 bits per heavy atom. The van der Waals surface area contributed by atoms with E-state index in [1.807, 2.05) is 14.0 Å². The predicted molar refractivity (Wildman–Crippen MR) is 63.5 cm³/mol. The van der Waals surface area contributed by atoms with Crippen LogP contribution in [0.2, 0.25) is 0 Å². The van der Waals surface area contributed by atoms with Crippen molar-refractivity contribution in [1.82, 2.24) is 20.5 Å². The molecule has 2 heterocycles. The van der Waals surface area contributed by atoms with Gasteiger partial charge in [0.25, 0.3) is 0 Å². The molecule has 84 valence electrons. The Kier molecular flexibility index (Phi) is 3.12. The van der Waals surface area contributed by atoms with E-state index in [-0.39, 0.29) is 5.43 Å². The van der Waals surface area contributed by atoms with Crippen LogP contribution < -0.4 is 10.7 Å². The summed E-state index contributed by atoms with van der Waals surface area (Å²) in [6, 6.07) is 1.56. The number of hydrogen-bond acceptors (Lipinski definition) is 5. The first-order valence-electron chi connectivity index (χ1n) is 4.87. The third kappa shape index (κ3) is 2.17. The van der Waals surface area contributed by atoms with Crippen LogP contribution in [0.4, 0.5) is 0 Å². The molecule has 0 saturated heterocycles. The minimum Gasteiger partial charge on any atom is -0.364 e. The molecule has 0 spiro atoms. The molecular formula is C10H12N4OS. The largest absolute Gasteiger partial charge is 0.364 e. The molecule has 0 bridgehead atoms. The Morgan fingerprint density at radius 3 is 3.00 bits per heavy atom. The number of aryl methyl sites for hydroxylation is 1. The third-order valence-corrected chi connectivity index (χ3v) is 3.04. The summed E-state index contributed by atoms with van der Waals surface area (Å²) in [6.45, 7) is 2.51. The van der Waals surface area contributed by atoms with Crippen molar-refractivity contribution >= 4 is 11.3 Å². The van der Waals surface area contributed by atoms with Gasteiger partial charge in [-0.2, -0.15) is 0 Å². The van der Waals surface area contributed by atoms with Crippen molar-refractivity contribution in [3.8, 4) is 10.6 Å². The van der Waals surface area contributed by atoms with Crippen molar-refractivity contribution in [2.24, 2.45) is 0 Å². The van der Waals surface area contributed by atoms with E-state index in [4.69, 9.17) is 0 Å². The van der Waals surface area contributed by atoms with Gasteiger partial charge in [0.2, 0.25) is 0 Å². The summed E-state index contributed by atoms with van der Waals surface area (Å²) in [5.41, 5.74) is 1.39. The normalized spacial score (nSPS) is 10.6. The molecular weight excluding hydrogens is 224 g/mol. The monoisotopic (exact) mass is 236 g/mol. The number of aromatic nitrogens is 3. The average molecular weight is 236 g/mol. The second-order valence-electron chi connectivity index (χ2n) is 3.43. The molecule has 0 unspecified atom stereocenters. The Bertz CT molecular complexity index is 546. The summed E-state index contributed by atoms with van der Waals surface area (Å²) in [5.74, 6) is 0. The van der Waals surface area contributed by atoms with Crippen LogP contribution in [0.5, 0.6) is 0 Å². The average Bonchev–Trinajstić information content (AvgIpc) is 2.67. The molecule has 6 heteroatoms. The van der Waals surface area contributed by atoms with Gasteiger partial charge in [0, 0.05) is 24.5 Å². The highest BCUT2D eigenvalue weighted by molar-refractivity contribution is 7.14. The van der Waals surface area contributed by atoms with Crippen LogP contribution in [0, 0.1) is 6.92 Å². The molecule has 2 aromatic rings. The van der Waals surface area contributed by atoms with Gasteiger partial charge in [-0.1, -0.05) is 11.3 Å². The first kappa shape index (κ1) is 11.0. The maximum absolute atomic E-state index is 11.7. The maximum atomic E-state index is 11.7. The fourth-order valence-corrected chi connectivity index (χ4v) is 2.20. The lowest BCUT2D eigenvalue weighted by Gasteiger charge is -1.95. The molecule has 0 fully saturated rings. The number of hydrogen-bond donors (Lipinski definition) is 2. The lowest BCUT2D eigenvalue weighted by molar-refractivity contribution is 0.794. The highest BCUT2D eigenvalue weighted by atomic mass is 32.1. The highest BCUT2D eigenvalue weighted by Gasteiger charge is 2.09. The summed E-state index contributed by atoms with van der Waals surface area (Å²) in [5, 5.41) is 12.5. The fourth-order valence-electron chi connectivity index (χ4n) is 1.33. The molecule has 0 aliphatic carbocycles. The summed E-state index contributed by atoms with van der Waals surface area (Å²) in [7, 11) is 1.85. The van der Waals surface area contributed by atoms with E-state index in [0.717, 1.165) is 10.7 Å². The second kappa shape index (κ2) is 4.54. The lowest BCUT2D eigenvalue weighted by atomic mass is 10.2. The van der Waals surface area contributed by atoms with Gasteiger partial charge >= 0.3 is 0 Å². The summed E-state index contributed by atoms with van der Waals surface area (Å²) >= 11 is 1.43. The predicted octanol–water partition coefficient (Wildman–Crippen LogP) is 0.921. The van der Waals surface area contributed by atoms with Crippen LogP contribution in [0.25, 0.3) is 10.6 Å². The molecule has 5 nitrogen and oxygen atoms in total. The van der Waals surface area contributed by atoms with Gasteiger partial charge in [-0.3, -0.25) is 4.79 Å². The van der Waals surface area contributed by atoms with Gasteiger partial charge in [-0.25, -0.2) is 0 Å². The van der Waals surface area contributed by atoms with Crippen molar-refractivity contribution < 1.29 is 0 Å². The van der Waals surface area contributed by atoms with Crippen molar-refractivity contribution in [2.45, 2.75) is 13.5 Å². The molecule has 0 aliphatic rings. The van der Waals surface area contributed by atoms with Crippen molar-refractivity contribution in [2.75, 3.05) is 7.05 Å². The minimum atomic E-state index is -0.0246. The van der Waals surface area contributed by atoms with Gasteiger partial charge in [0.15, 0.2) is 10.4 Å². The topological polar surface area (TPSA) is 70.7 Å². The quantitative estimate of drug-likeness (QED) is 0.831. The second-order valence-corrected chi connectivity index (χ2v) is 4.49. The Labute approximate surface area is 96.6 Å². The van der Waals surface area contributed by atoms with Crippen LogP contribution >= 0.6 is 11.3 Å². The molecule has 2 aromatic heterocycles. The number of aromatic amines is 1. The van der Waals surface area contributed by atoms with E-state index in [1.54, 1.807) is 12.3 Å². The molecule has 0 amide bonds. The van der Waals surface area contributed by atoms with Crippen LogP contribution in [-0.4, -0.2) is 22.2 Å². The van der Waals surface area contributed by atoms with Crippen molar-refractivity contribution in [1.29, 1.82) is 0 Å². The number of nitrogens with zero attached hydrogens (tertiary/aromatic N) is 2. The smallest absolute Gasteiger partial charge is 0.192 e. The molecule has 0 radical (unpaired) electrons. The number of pyridine rings is 1. The Balaban J connectivity index is 2.39. The number of H-pyrrole nitrogens is 1. The van der Waals surface area contributed by atoms with E-state index >= 15 is 0 Å². The molecule has 16 heavy (non-hydrogen) atoms. The van der Waals surface area contributed by atoms with E-state index in [2.05, 4.69) is 20.5 Å². The molecule has 0 atom stereocenters. The van der Waals surface area contributed by atoms with Crippen LogP contribution in [-0.2, 0) is 6.54 Å². The van der Waals surface area contributed by atoms with Crippen LogP contribution in [0.15, 0.2) is 17.1 Å². The van der Waals surface area contributed by atoms with Crippen molar-refractivity contribution in [3.05, 3.63) is 33.2 Å². The Morgan fingerprint density at radius 2 is 2.31 bits per heavy atom. The van der Waals surface area contributed by atoms with Gasteiger partial charge < -0.3 is 10.3 Å². The first-order chi connectivity index (χ1) is 7.70. The van der Waals surface area contributed by atoms with Crippen molar-refractivity contribution in [3.63, 3.8) is 0 Å². The third-order valence-electron chi connectivity index (χ3n) is 2.08. The zero-order valence-corrected chi connectivity index (χ0v) is 9.89. The first-order valence-corrected chi connectivity index (χ1v) is 5.69. The van der Waals surface area contributed by atoms with E-state index in [0.29, 0.717) is 17.1 Å². The maximum Gasteiger partial charge on any atom is 0.192 e. The number of nitrogens with one attached hydrogen (secondary N) is 2. The van der Waals surface area contributed by atoms with Gasteiger partial charge in [-0.15, -0.1) is 10.2 Å². The lowest BCUT2D eigenvalue weighted by Crippen LogP contribution is -2.04. The summed E-state index contributed by atoms with van der Waals surface area (Å²) in [4.78, 5) is 14.7. The van der Waals surface area contributed by atoms with E-state index in [9.17, 15) is 4.79 Å².